The molecule has 0 spiro atoms. The molecule has 0 saturated carbocycles. The van der Waals surface area contributed by atoms with Crippen LogP contribution in [0.3, 0.4) is 0 Å². The van der Waals surface area contributed by atoms with Crippen molar-refractivity contribution >= 4 is 17.9 Å². The summed E-state index contributed by atoms with van der Waals surface area (Å²) in [4.78, 5) is 14.3. The zero-order valence-corrected chi connectivity index (χ0v) is 8.23. The van der Waals surface area contributed by atoms with Gasteiger partial charge < -0.3 is 9.52 Å². The van der Waals surface area contributed by atoms with Crippen LogP contribution in [0.25, 0.3) is 11.3 Å². The molecule has 0 fully saturated rings. The molecule has 0 amide bonds. The van der Waals surface area contributed by atoms with Gasteiger partial charge in [0.1, 0.15) is 5.75 Å². The van der Waals surface area contributed by atoms with E-state index in [2.05, 4.69) is 4.98 Å². The fraction of sp³-hybridized carbons (Fsp3) is 0. The Morgan fingerprint density at radius 2 is 2.00 bits per heavy atom. The van der Waals surface area contributed by atoms with Crippen LogP contribution < -0.4 is 0 Å². The first-order chi connectivity index (χ1) is 7.20. The summed E-state index contributed by atoms with van der Waals surface area (Å²) in [5, 5.41) is 9.01. The number of phenols is 1. The molecule has 2 rings (SSSR count). The van der Waals surface area contributed by atoms with Gasteiger partial charge in [-0.25, -0.2) is 0 Å². The summed E-state index contributed by atoms with van der Waals surface area (Å²) in [6.45, 7) is 0. The molecule has 0 aliphatic carbocycles. The first-order valence-electron chi connectivity index (χ1n) is 4.11. The minimum absolute atomic E-state index is 0.0832. The summed E-state index contributed by atoms with van der Waals surface area (Å²) in [7, 11) is 0. The SMILES string of the molecule is O=Cc1nc(Cl)oc1-c1ccc(O)cc1. The van der Waals surface area contributed by atoms with Crippen molar-refractivity contribution in [1.29, 1.82) is 0 Å². The van der Waals surface area contributed by atoms with Crippen molar-refractivity contribution < 1.29 is 14.3 Å². The van der Waals surface area contributed by atoms with Crippen LogP contribution >= 0.6 is 11.6 Å². The fourth-order valence-corrected chi connectivity index (χ4v) is 1.37. The molecule has 1 N–H and O–H groups in total. The third kappa shape index (κ3) is 1.85. The van der Waals surface area contributed by atoms with E-state index in [0.29, 0.717) is 17.6 Å². The van der Waals surface area contributed by atoms with E-state index in [1.54, 1.807) is 12.1 Å². The quantitative estimate of drug-likeness (QED) is 0.795. The van der Waals surface area contributed by atoms with Crippen molar-refractivity contribution in [3.05, 3.63) is 35.3 Å². The van der Waals surface area contributed by atoms with Gasteiger partial charge in [0.2, 0.25) is 0 Å². The Bertz CT molecular complexity index is 490. The van der Waals surface area contributed by atoms with E-state index in [0.717, 1.165) is 0 Å². The number of carbonyl (C=O) groups is 1. The number of hydrogen-bond acceptors (Lipinski definition) is 4. The maximum atomic E-state index is 10.7. The van der Waals surface area contributed by atoms with Crippen molar-refractivity contribution in [3.8, 4) is 17.1 Å². The van der Waals surface area contributed by atoms with Gasteiger partial charge in [0.15, 0.2) is 17.7 Å². The molecule has 1 heterocycles. The minimum atomic E-state index is -0.0832. The highest BCUT2D eigenvalue weighted by Crippen LogP contribution is 2.27. The Morgan fingerprint density at radius 3 is 2.60 bits per heavy atom. The molecule has 0 atom stereocenters. The van der Waals surface area contributed by atoms with E-state index in [1.807, 2.05) is 0 Å². The van der Waals surface area contributed by atoms with Gasteiger partial charge in [-0.2, -0.15) is 4.98 Å². The van der Waals surface area contributed by atoms with E-state index in [-0.39, 0.29) is 16.8 Å². The van der Waals surface area contributed by atoms with Crippen LogP contribution in [0, 0.1) is 0 Å². The number of aromatic nitrogens is 1. The van der Waals surface area contributed by atoms with Crippen LogP contribution in [0.4, 0.5) is 0 Å². The van der Waals surface area contributed by atoms with E-state index >= 15 is 0 Å². The van der Waals surface area contributed by atoms with Gasteiger partial charge in [-0.05, 0) is 35.9 Å². The van der Waals surface area contributed by atoms with Crippen LogP contribution in [-0.4, -0.2) is 16.4 Å². The molecule has 4 nitrogen and oxygen atoms in total. The summed E-state index contributed by atoms with van der Waals surface area (Å²) < 4.78 is 5.07. The molecular weight excluding hydrogens is 218 g/mol. The predicted molar refractivity (Wildman–Crippen MR) is 54.0 cm³/mol. The molecule has 5 heteroatoms. The highest BCUT2D eigenvalue weighted by atomic mass is 35.5. The second kappa shape index (κ2) is 3.74. The lowest BCUT2D eigenvalue weighted by Gasteiger charge is -1.96. The topological polar surface area (TPSA) is 63.3 Å². The molecule has 15 heavy (non-hydrogen) atoms. The maximum Gasteiger partial charge on any atom is 0.293 e. The largest absolute Gasteiger partial charge is 0.508 e. The number of phenolic OH excluding ortho intramolecular Hbond substituents is 1. The fourth-order valence-electron chi connectivity index (χ4n) is 1.20. The molecule has 0 aliphatic rings. The Kier molecular flexibility index (Phi) is 2.43. The number of nitrogens with zero attached hydrogens (tertiary/aromatic N) is 1. The van der Waals surface area contributed by atoms with Crippen molar-refractivity contribution in [1.82, 2.24) is 4.98 Å². The van der Waals surface area contributed by atoms with Gasteiger partial charge >= 0.3 is 0 Å². The number of rotatable bonds is 2. The van der Waals surface area contributed by atoms with Gasteiger partial charge in [-0.15, -0.1) is 0 Å². The lowest BCUT2D eigenvalue weighted by molar-refractivity contribution is 0.112. The average molecular weight is 224 g/mol. The Balaban J connectivity index is 2.52. The highest BCUT2D eigenvalue weighted by molar-refractivity contribution is 6.28. The molecule has 0 saturated heterocycles. The Labute approximate surface area is 90.1 Å². The van der Waals surface area contributed by atoms with E-state index in [9.17, 15) is 4.79 Å². The number of carbonyl (C=O) groups excluding carboxylic acids is 1. The van der Waals surface area contributed by atoms with Crippen molar-refractivity contribution in [2.24, 2.45) is 0 Å². The zero-order valence-electron chi connectivity index (χ0n) is 7.48. The van der Waals surface area contributed by atoms with Gasteiger partial charge in [0, 0.05) is 5.56 Å². The summed E-state index contributed by atoms with van der Waals surface area (Å²) >= 11 is 5.54. The number of benzene rings is 1. The number of hydrogen-bond donors (Lipinski definition) is 1. The molecule has 1 aromatic heterocycles. The number of aldehydes is 1. The molecule has 2 aromatic rings. The Morgan fingerprint density at radius 1 is 1.33 bits per heavy atom. The first-order valence-corrected chi connectivity index (χ1v) is 4.49. The smallest absolute Gasteiger partial charge is 0.293 e. The summed E-state index contributed by atoms with van der Waals surface area (Å²) in [6.07, 6.45) is 0.567. The van der Waals surface area contributed by atoms with Crippen LogP contribution in [0.5, 0.6) is 5.75 Å². The van der Waals surface area contributed by atoms with Crippen molar-refractivity contribution in [2.45, 2.75) is 0 Å². The molecule has 0 radical (unpaired) electrons. The Hall–Kier alpha value is -1.81. The minimum Gasteiger partial charge on any atom is -0.508 e. The molecule has 0 aliphatic heterocycles. The monoisotopic (exact) mass is 223 g/mol. The van der Waals surface area contributed by atoms with Gasteiger partial charge in [-0.1, -0.05) is 0 Å². The zero-order chi connectivity index (χ0) is 10.8. The number of halogens is 1. The predicted octanol–water partition coefficient (Wildman–Crippen LogP) is 2.51. The van der Waals surface area contributed by atoms with E-state index < -0.39 is 0 Å². The summed E-state index contributed by atoms with van der Waals surface area (Å²) in [5.41, 5.74) is 0.778. The maximum absolute atomic E-state index is 10.7. The van der Waals surface area contributed by atoms with Crippen LogP contribution in [0.1, 0.15) is 10.5 Å². The standard InChI is InChI=1S/C10H6ClNO3/c11-10-12-8(5-13)9(15-10)6-1-3-7(14)4-2-6/h1-5,14H. The van der Waals surface area contributed by atoms with E-state index in [1.165, 1.54) is 12.1 Å². The van der Waals surface area contributed by atoms with Crippen LogP contribution in [0.2, 0.25) is 5.35 Å². The third-order valence-corrected chi connectivity index (χ3v) is 2.03. The van der Waals surface area contributed by atoms with E-state index in [4.69, 9.17) is 21.1 Å². The van der Waals surface area contributed by atoms with Gasteiger partial charge in [0.25, 0.3) is 5.35 Å². The lowest BCUT2D eigenvalue weighted by Crippen LogP contribution is -1.83. The van der Waals surface area contributed by atoms with Gasteiger partial charge in [0.05, 0.1) is 0 Å². The highest BCUT2D eigenvalue weighted by Gasteiger charge is 2.12. The summed E-state index contributed by atoms with van der Waals surface area (Å²) in [6, 6.07) is 6.19. The first kappa shape index (κ1) is 9.73. The van der Waals surface area contributed by atoms with Crippen molar-refractivity contribution in [2.75, 3.05) is 0 Å². The lowest BCUT2D eigenvalue weighted by atomic mass is 10.1. The third-order valence-electron chi connectivity index (χ3n) is 1.87. The van der Waals surface area contributed by atoms with Gasteiger partial charge in [-0.3, -0.25) is 4.79 Å². The molecule has 1 aromatic carbocycles. The number of aromatic hydroxyl groups is 1. The molecule has 0 bridgehead atoms. The number of oxazole rings is 1. The summed E-state index contributed by atoms with van der Waals surface area (Å²) in [5.74, 6) is 0.437. The molecule has 0 unspecified atom stereocenters. The second-order valence-corrected chi connectivity index (χ2v) is 3.17. The van der Waals surface area contributed by atoms with Crippen LogP contribution in [-0.2, 0) is 0 Å². The molecular formula is C10H6ClNO3. The molecule has 76 valence electrons. The van der Waals surface area contributed by atoms with Crippen molar-refractivity contribution in [3.63, 3.8) is 0 Å². The normalized spacial score (nSPS) is 10.2. The average Bonchev–Trinajstić information content (AvgIpc) is 2.61. The second-order valence-electron chi connectivity index (χ2n) is 2.85. The van der Waals surface area contributed by atoms with Crippen LogP contribution in [0.15, 0.2) is 28.7 Å².